The highest BCUT2D eigenvalue weighted by molar-refractivity contribution is 5.89. The molecule has 2 aromatic rings. The number of likely N-dealkylation sites (N-methyl/N-ethyl adjacent to an activating group) is 1. The van der Waals surface area contributed by atoms with Crippen LogP contribution in [-0.4, -0.2) is 41.5 Å². The Morgan fingerprint density at radius 2 is 1.85 bits per heavy atom. The number of hydrogen-bond acceptors (Lipinski definition) is 2. The number of rotatable bonds is 5. The molecule has 4 heteroatoms. The smallest absolute Gasteiger partial charge is 0.320 e. The van der Waals surface area contributed by atoms with E-state index in [0.717, 1.165) is 38.3 Å². The van der Waals surface area contributed by atoms with Crippen molar-refractivity contribution < 1.29 is 4.79 Å². The molecule has 0 aromatic heterocycles. The van der Waals surface area contributed by atoms with Gasteiger partial charge in [0.2, 0.25) is 0 Å². The van der Waals surface area contributed by atoms with Gasteiger partial charge in [-0.25, -0.2) is 4.79 Å². The molecule has 26 heavy (non-hydrogen) atoms. The highest BCUT2D eigenvalue weighted by atomic mass is 16.2. The third-order valence-electron chi connectivity index (χ3n) is 5.01. The number of carbonyl (C=O) groups is 1. The second-order valence-corrected chi connectivity index (χ2v) is 7.26. The minimum atomic E-state index is 0.00376. The first kappa shape index (κ1) is 18.5. The van der Waals surface area contributed by atoms with Crippen molar-refractivity contribution in [3.8, 4) is 0 Å². The van der Waals surface area contributed by atoms with Crippen molar-refractivity contribution in [2.45, 2.75) is 39.8 Å². The van der Waals surface area contributed by atoms with Crippen molar-refractivity contribution in [1.29, 1.82) is 0 Å². The summed E-state index contributed by atoms with van der Waals surface area (Å²) in [6.45, 7) is 9.81. The quantitative estimate of drug-likeness (QED) is 0.865. The van der Waals surface area contributed by atoms with E-state index in [1.165, 1.54) is 16.7 Å². The number of amides is 2. The second-order valence-electron chi connectivity index (χ2n) is 7.26. The third-order valence-corrected chi connectivity index (χ3v) is 5.01. The van der Waals surface area contributed by atoms with Crippen molar-refractivity contribution in [3.63, 3.8) is 0 Å². The summed E-state index contributed by atoms with van der Waals surface area (Å²) in [5, 5.41) is 3.08. The summed E-state index contributed by atoms with van der Waals surface area (Å²) >= 11 is 0. The predicted molar refractivity (Wildman–Crippen MR) is 107 cm³/mol. The Hall–Kier alpha value is -2.33. The summed E-state index contributed by atoms with van der Waals surface area (Å²) in [4.78, 5) is 17.2. The molecule has 1 aliphatic heterocycles. The molecule has 4 nitrogen and oxygen atoms in total. The van der Waals surface area contributed by atoms with Crippen molar-refractivity contribution in [3.05, 3.63) is 65.2 Å². The van der Waals surface area contributed by atoms with Crippen LogP contribution in [0.15, 0.2) is 48.5 Å². The molecule has 2 amide bonds. The number of anilines is 1. The first-order chi connectivity index (χ1) is 12.5. The molecule has 1 fully saturated rings. The van der Waals surface area contributed by atoms with E-state index in [2.05, 4.69) is 61.3 Å². The van der Waals surface area contributed by atoms with E-state index < -0.39 is 0 Å². The topological polar surface area (TPSA) is 35.6 Å². The maximum absolute atomic E-state index is 12.8. The third kappa shape index (κ3) is 4.64. The van der Waals surface area contributed by atoms with Crippen LogP contribution in [0.5, 0.6) is 0 Å². The monoisotopic (exact) mass is 351 g/mol. The number of urea groups is 1. The Kier molecular flexibility index (Phi) is 5.94. The highest BCUT2D eigenvalue weighted by Crippen LogP contribution is 2.20. The van der Waals surface area contributed by atoms with Gasteiger partial charge in [-0.2, -0.15) is 0 Å². The van der Waals surface area contributed by atoms with Crippen molar-refractivity contribution in [2.75, 3.05) is 25.0 Å². The number of carbonyl (C=O) groups excluding carboxylic acids is 1. The SMILES string of the molecule is CCN(C(=O)Nc1cc(C)cc(C)c1)C1CCN(Cc2ccccc2)C1. The van der Waals surface area contributed by atoms with Crippen molar-refractivity contribution >= 4 is 11.7 Å². The van der Waals surface area contributed by atoms with Crippen LogP contribution in [0.4, 0.5) is 10.5 Å². The molecule has 0 radical (unpaired) electrons. The minimum Gasteiger partial charge on any atom is -0.320 e. The van der Waals surface area contributed by atoms with Crippen LogP contribution < -0.4 is 5.32 Å². The van der Waals surface area contributed by atoms with Crippen LogP contribution in [0.1, 0.15) is 30.0 Å². The fourth-order valence-corrected chi connectivity index (χ4v) is 3.86. The van der Waals surface area contributed by atoms with E-state index in [1.54, 1.807) is 0 Å². The average Bonchev–Trinajstić information content (AvgIpc) is 3.03. The van der Waals surface area contributed by atoms with Crippen LogP contribution >= 0.6 is 0 Å². The Balaban J connectivity index is 1.60. The molecule has 0 bridgehead atoms. The number of benzene rings is 2. The lowest BCUT2D eigenvalue weighted by atomic mass is 10.1. The first-order valence-electron chi connectivity index (χ1n) is 9.47. The zero-order valence-corrected chi connectivity index (χ0v) is 16.0. The van der Waals surface area contributed by atoms with Crippen LogP contribution in [0.2, 0.25) is 0 Å². The maximum Gasteiger partial charge on any atom is 0.322 e. The molecule has 2 aromatic carbocycles. The lowest BCUT2D eigenvalue weighted by Gasteiger charge is -2.28. The van der Waals surface area contributed by atoms with Gasteiger partial charge < -0.3 is 10.2 Å². The lowest BCUT2D eigenvalue weighted by Crippen LogP contribution is -2.44. The summed E-state index contributed by atoms with van der Waals surface area (Å²) in [5.41, 5.74) is 4.54. The summed E-state index contributed by atoms with van der Waals surface area (Å²) in [5.74, 6) is 0. The molecule has 0 saturated carbocycles. The average molecular weight is 351 g/mol. The normalized spacial score (nSPS) is 17.3. The van der Waals surface area contributed by atoms with Crippen LogP contribution in [0.25, 0.3) is 0 Å². The van der Waals surface area contributed by atoms with Gasteiger partial charge in [0.1, 0.15) is 0 Å². The van der Waals surface area contributed by atoms with Gasteiger partial charge in [0.15, 0.2) is 0 Å². The number of aryl methyl sites for hydroxylation is 2. The van der Waals surface area contributed by atoms with Gasteiger partial charge >= 0.3 is 6.03 Å². The van der Waals surface area contributed by atoms with E-state index >= 15 is 0 Å². The molecular weight excluding hydrogens is 322 g/mol. The molecule has 1 heterocycles. The summed E-state index contributed by atoms with van der Waals surface area (Å²) in [6, 6.07) is 17.0. The first-order valence-corrected chi connectivity index (χ1v) is 9.47. The largest absolute Gasteiger partial charge is 0.322 e. The molecule has 1 aliphatic rings. The van der Waals surface area contributed by atoms with Gasteiger partial charge in [0.05, 0.1) is 0 Å². The fraction of sp³-hybridized carbons (Fsp3) is 0.409. The van der Waals surface area contributed by atoms with E-state index in [4.69, 9.17) is 0 Å². The minimum absolute atomic E-state index is 0.00376. The molecule has 138 valence electrons. The Morgan fingerprint density at radius 1 is 1.15 bits per heavy atom. The molecule has 0 aliphatic carbocycles. The fourth-order valence-electron chi connectivity index (χ4n) is 3.86. The van der Waals surface area contributed by atoms with E-state index in [1.807, 2.05) is 23.1 Å². The Morgan fingerprint density at radius 3 is 2.50 bits per heavy atom. The predicted octanol–water partition coefficient (Wildman–Crippen LogP) is 4.43. The number of nitrogens with zero attached hydrogens (tertiary/aromatic N) is 2. The molecule has 1 N–H and O–H groups in total. The van der Waals surface area contributed by atoms with Gasteiger partial charge in [0, 0.05) is 37.9 Å². The number of likely N-dealkylation sites (tertiary alicyclic amines) is 1. The van der Waals surface area contributed by atoms with Gasteiger partial charge in [-0.15, -0.1) is 0 Å². The van der Waals surface area contributed by atoms with E-state index in [-0.39, 0.29) is 12.1 Å². The van der Waals surface area contributed by atoms with Gasteiger partial charge in [-0.05, 0) is 56.0 Å². The number of nitrogens with one attached hydrogen (secondary N) is 1. The zero-order chi connectivity index (χ0) is 18.5. The molecule has 1 saturated heterocycles. The number of hydrogen-bond donors (Lipinski definition) is 1. The maximum atomic E-state index is 12.8. The summed E-state index contributed by atoms with van der Waals surface area (Å²) in [6.07, 6.45) is 1.03. The van der Waals surface area contributed by atoms with Crippen molar-refractivity contribution in [2.24, 2.45) is 0 Å². The summed E-state index contributed by atoms with van der Waals surface area (Å²) < 4.78 is 0. The van der Waals surface area contributed by atoms with Crippen molar-refractivity contribution in [1.82, 2.24) is 9.80 Å². The van der Waals surface area contributed by atoms with Crippen LogP contribution in [0, 0.1) is 13.8 Å². The lowest BCUT2D eigenvalue weighted by molar-refractivity contribution is 0.189. The molecule has 0 spiro atoms. The highest BCUT2D eigenvalue weighted by Gasteiger charge is 2.29. The molecule has 3 rings (SSSR count). The zero-order valence-electron chi connectivity index (χ0n) is 16.0. The Labute approximate surface area is 156 Å². The van der Waals surface area contributed by atoms with Crippen LogP contribution in [-0.2, 0) is 6.54 Å². The molecular formula is C22H29N3O. The second kappa shape index (κ2) is 8.37. The van der Waals surface area contributed by atoms with Crippen LogP contribution in [0.3, 0.4) is 0 Å². The van der Waals surface area contributed by atoms with E-state index in [0.29, 0.717) is 0 Å². The van der Waals surface area contributed by atoms with Gasteiger partial charge in [-0.1, -0.05) is 36.4 Å². The Bertz CT molecular complexity index is 724. The summed E-state index contributed by atoms with van der Waals surface area (Å²) in [7, 11) is 0. The molecule has 1 unspecified atom stereocenters. The van der Waals surface area contributed by atoms with Gasteiger partial charge in [0.25, 0.3) is 0 Å². The standard InChI is InChI=1S/C22H29N3O/c1-4-25(22(26)23-20-13-17(2)12-18(3)14-20)21-10-11-24(16-21)15-19-8-6-5-7-9-19/h5-9,12-14,21H,4,10-11,15-16H2,1-3H3,(H,23,26). The van der Waals surface area contributed by atoms with Gasteiger partial charge in [-0.3, -0.25) is 4.90 Å². The van der Waals surface area contributed by atoms with E-state index in [9.17, 15) is 4.79 Å². The molecule has 1 atom stereocenters.